The van der Waals surface area contributed by atoms with Crippen molar-refractivity contribution in [1.29, 1.82) is 0 Å². The Bertz CT molecular complexity index is 718. The average molecular weight is 372 g/mol. The lowest BCUT2D eigenvalue weighted by Crippen LogP contribution is -1.98. The SMILES string of the molecule is Cc1cn2cc(N)nc2c(-c2ccnn2PI)n1. The van der Waals surface area contributed by atoms with E-state index in [-0.39, 0.29) is 0 Å². The molecule has 3 aromatic rings. The molecular weight excluding hydrogens is 362 g/mol. The summed E-state index contributed by atoms with van der Waals surface area (Å²) in [6, 6.07) is 1.94. The summed E-state index contributed by atoms with van der Waals surface area (Å²) in [4.78, 5) is 8.89. The second kappa shape index (κ2) is 4.47. The van der Waals surface area contributed by atoms with Crippen LogP contribution in [0.2, 0.25) is 0 Å². The van der Waals surface area contributed by atoms with Gasteiger partial charge < -0.3 is 10.1 Å². The van der Waals surface area contributed by atoms with E-state index >= 15 is 0 Å². The monoisotopic (exact) mass is 372 g/mol. The number of aromatic nitrogens is 5. The summed E-state index contributed by atoms with van der Waals surface area (Å²) in [5.74, 6) is 0.492. The van der Waals surface area contributed by atoms with Crippen molar-refractivity contribution in [1.82, 2.24) is 23.9 Å². The van der Waals surface area contributed by atoms with E-state index in [1.54, 1.807) is 12.4 Å². The van der Waals surface area contributed by atoms with Gasteiger partial charge in [0.15, 0.2) is 5.65 Å². The predicted octanol–water partition coefficient (Wildman–Crippen LogP) is 2.28. The smallest absolute Gasteiger partial charge is 0.167 e. The summed E-state index contributed by atoms with van der Waals surface area (Å²) in [5, 5.41) is 4.27. The Hall–Kier alpha value is -1.21. The molecule has 1 atom stereocenters. The minimum atomic E-state index is 0.492. The van der Waals surface area contributed by atoms with E-state index in [0.29, 0.717) is 12.2 Å². The van der Waals surface area contributed by atoms with E-state index in [1.165, 1.54) is 0 Å². The normalized spacial score (nSPS) is 11.9. The Morgan fingerprint density at radius 3 is 2.94 bits per heavy atom. The van der Waals surface area contributed by atoms with Gasteiger partial charge in [0, 0.05) is 12.4 Å². The van der Waals surface area contributed by atoms with Gasteiger partial charge in [-0.05, 0) is 35.0 Å². The lowest BCUT2D eigenvalue weighted by molar-refractivity contribution is 0.997. The predicted molar refractivity (Wildman–Crippen MR) is 81.1 cm³/mol. The molecule has 18 heavy (non-hydrogen) atoms. The first-order valence-corrected chi connectivity index (χ1v) is 9.28. The van der Waals surface area contributed by atoms with E-state index in [9.17, 15) is 0 Å². The highest BCUT2D eigenvalue weighted by Gasteiger charge is 2.13. The molecule has 2 N–H and O–H groups in total. The third-order valence-corrected chi connectivity index (χ3v) is 4.43. The van der Waals surface area contributed by atoms with Crippen molar-refractivity contribution in [3.05, 3.63) is 30.4 Å². The van der Waals surface area contributed by atoms with E-state index < -0.39 is 0 Å². The summed E-state index contributed by atoms with van der Waals surface area (Å²) in [6.45, 7) is 1.95. The highest BCUT2D eigenvalue weighted by molar-refractivity contribution is 14.2. The number of fused-ring (bicyclic) bond motifs is 1. The number of rotatable bonds is 2. The fourth-order valence-electron chi connectivity index (χ4n) is 1.86. The van der Waals surface area contributed by atoms with Crippen LogP contribution in [0.4, 0.5) is 5.82 Å². The molecule has 0 radical (unpaired) electrons. The van der Waals surface area contributed by atoms with Crippen LogP contribution in [-0.2, 0) is 0 Å². The number of aryl methyl sites for hydroxylation is 1. The maximum absolute atomic E-state index is 5.75. The molecule has 3 aromatic heterocycles. The summed E-state index contributed by atoms with van der Waals surface area (Å²) in [5.41, 5.74) is 9.20. The van der Waals surface area contributed by atoms with Gasteiger partial charge >= 0.3 is 0 Å². The molecular formula is C10H10IN6P. The topological polar surface area (TPSA) is 74.0 Å². The Morgan fingerprint density at radius 1 is 1.33 bits per heavy atom. The van der Waals surface area contributed by atoms with Crippen molar-refractivity contribution in [2.45, 2.75) is 6.92 Å². The van der Waals surface area contributed by atoms with Gasteiger partial charge in [-0.25, -0.2) is 14.4 Å². The zero-order valence-corrected chi connectivity index (χ0v) is 12.7. The van der Waals surface area contributed by atoms with Crippen LogP contribution in [0.15, 0.2) is 24.7 Å². The molecule has 0 saturated heterocycles. The molecule has 1 unspecified atom stereocenters. The quantitative estimate of drug-likeness (QED) is 0.553. The molecule has 0 spiro atoms. The first-order chi connectivity index (χ1) is 8.69. The molecule has 0 fully saturated rings. The summed E-state index contributed by atoms with van der Waals surface area (Å²) >= 11 is 2.29. The second-order valence-electron chi connectivity index (χ2n) is 3.84. The number of hydrogen-bond acceptors (Lipinski definition) is 4. The van der Waals surface area contributed by atoms with Crippen molar-refractivity contribution in [3.8, 4) is 11.4 Å². The van der Waals surface area contributed by atoms with Gasteiger partial charge in [0.25, 0.3) is 0 Å². The second-order valence-corrected chi connectivity index (χ2v) is 5.88. The van der Waals surface area contributed by atoms with Crippen LogP contribution in [0, 0.1) is 6.92 Å². The molecule has 3 rings (SSSR count). The Balaban J connectivity index is 2.34. The van der Waals surface area contributed by atoms with Crippen molar-refractivity contribution < 1.29 is 0 Å². The molecule has 0 aliphatic heterocycles. The number of nitrogen functional groups attached to an aromatic ring is 1. The molecule has 0 aliphatic rings. The highest BCUT2D eigenvalue weighted by atomic mass is 127. The Kier molecular flexibility index (Phi) is 2.95. The minimum Gasteiger partial charge on any atom is -0.382 e. The molecule has 0 aromatic carbocycles. The molecule has 8 heteroatoms. The van der Waals surface area contributed by atoms with Gasteiger partial charge in [-0.1, -0.05) is 0 Å². The number of hydrogen-bond donors (Lipinski definition) is 1. The maximum Gasteiger partial charge on any atom is 0.167 e. The largest absolute Gasteiger partial charge is 0.382 e. The number of anilines is 1. The van der Waals surface area contributed by atoms with Crippen molar-refractivity contribution in [2.75, 3.05) is 5.73 Å². The fraction of sp³-hybridized carbons (Fsp3) is 0.100. The van der Waals surface area contributed by atoms with Crippen LogP contribution in [0.25, 0.3) is 17.0 Å². The van der Waals surface area contributed by atoms with Gasteiger partial charge in [0.1, 0.15) is 11.5 Å². The van der Waals surface area contributed by atoms with Crippen LogP contribution in [-0.4, -0.2) is 23.9 Å². The lowest BCUT2D eigenvalue weighted by Gasteiger charge is -2.06. The van der Waals surface area contributed by atoms with Gasteiger partial charge in [0.2, 0.25) is 0 Å². The zero-order valence-electron chi connectivity index (χ0n) is 9.50. The van der Waals surface area contributed by atoms with Crippen LogP contribution < -0.4 is 5.73 Å². The van der Waals surface area contributed by atoms with E-state index in [4.69, 9.17) is 5.73 Å². The van der Waals surface area contributed by atoms with Crippen LogP contribution in [0.5, 0.6) is 0 Å². The van der Waals surface area contributed by atoms with Gasteiger partial charge in [-0.15, -0.1) is 0 Å². The third-order valence-electron chi connectivity index (χ3n) is 2.54. The van der Waals surface area contributed by atoms with Crippen molar-refractivity contribution >= 4 is 39.9 Å². The number of nitrogens with zero attached hydrogens (tertiary/aromatic N) is 5. The standard InChI is InChI=1S/C10H10IN6P/c1-6-4-16-5-8(12)15-10(16)9(14-6)7-2-3-13-17(7)18-11/h2-5,18H,12H2,1H3. The van der Waals surface area contributed by atoms with Crippen LogP contribution in [0.3, 0.4) is 0 Å². The zero-order chi connectivity index (χ0) is 12.7. The highest BCUT2D eigenvalue weighted by Crippen LogP contribution is 2.31. The van der Waals surface area contributed by atoms with E-state index in [2.05, 4.69) is 37.1 Å². The third kappa shape index (κ3) is 1.87. The molecule has 92 valence electrons. The molecule has 0 amide bonds. The van der Waals surface area contributed by atoms with Crippen molar-refractivity contribution in [3.63, 3.8) is 0 Å². The van der Waals surface area contributed by atoms with Crippen molar-refractivity contribution in [2.24, 2.45) is 0 Å². The van der Waals surface area contributed by atoms with Gasteiger partial charge in [-0.3, -0.25) is 0 Å². The van der Waals surface area contributed by atoms with E-state index in [1.807, 2.05) is 28.0 Å². The summed E-state index contributed by atoms with van der Waals surface area (Å²) < 4.78 is 3.81. The molecule has 0 bridgehead atoms. The first kappa shape index (κ1) is 11.9. The fourth-order valence-corrected chi connectivity index (χ4v) is 3.40. The Labute approximate surface area is 118 Å². The minimum absolute atomic E-state index is 0.492. The van der Waals surface area contributed by atoms with Gasteiger partial charge in [0.05, 0.1) is 24.0 Å². The lowest BCUT2D eigenvalue weighted by atomic mass is 10.3. The average Bonchev–Trinajstić information content (AvgIpc) is 2.92. The molecule has 6 nitrogen and oxygen atoms in total. The number of nitrogens with two attached hydrogens (primary N) is 1. The molecule has 3 heterocycles. The van der Waals surface area contributed by atoms with Crippen LogP contribution in [0.1, 0.15) is 5.69 Å². The first-order valence-electron chi connectivity index (χ1n) is 5.22. The molecule has 0 saturated carbocycles. The number of imidazole rings is 1. The van der Waals surface area contributed by atoms with Gasteiger partial charge in [-0.2, -0.15) is 5.10 Å². The van der Waals surface area contributed by atoms with E-state index in [0.717, 1.165) is 22.7 Å². The van der Waals surface area contributed by atoms with Crippen LogP contribution >= 0.6 is 28.4 Å². The molecule has 0 aliphatic carbocycles. The maximum atomic E-state index is 5.75. The summed E-state index contributed by atoms with van der Waals surface area (Å²) in [7, 11) is 0. The Morgan fingerprint density at radius 2 is 2.17 bits per heavy atom. The summed E-state index contributed by atoms with van der Waals surface area (Å²) in [6.07, 6.45) is 6.00. The number of halogens is 1.